The number of carbonyl (C=O) groups is 1. The van der Waals surface area contributed by atoms with Crippen LogP contribution in [0.4, 0.5) is 11.4 Å². The molecular weight excluding hydrogens is 368 g/mol. The first-order chi connectivity index (χ1) is 13.0. The van der Waals surface area contributed by atoms with Gasteiger partial charge in [-0.05, 0) is 18.6 Å². The van der Waals surface area contributed by atoms with Gasteiger partial charge in [-0.1, -0.05) is 54.2 Å². The highest BCUT2D eigenvalue weighted by Crippen LogP contribution is 2.27. The van der Waals surface area contributed by atoms with Gasteiger partial charge in [0.1, 0.15) is 5.69 Å². The molecule has 3 aromatic rings. The van der Waals surface area contributed by atoms with Crippen LogP contribution in [0.15, 0.2) is 64.2 Å². The minimum Gasteiger partial charge on any atom is -0.416 e. The number of hydrogen-bond donors (Lipinski definition) is 1. The second-order valence-corrected chi connectivity index (χ2v) is 6.94. The van der Waals surface area contributed by atoms with E-state index < -0.39 is 16.1 Å². The average molecular weight is 384 g/mol. The van der Waals surface area contributed by atoms with Gasteiger partial charge in [0.25, 0.3) is 10.9 Å². The van der Waals surface area contributed by atoms with Gasteiger partial charge in [-0.25, -0.2) is 0 Å². The van der Waals surface area contributed by atoms with Crippen molar-refractivity contribution in [1.82, 2.24) is 10.2 Å². The average Bonchev–Trinajstić information content (AvgIpc) is 3.09. The third-order valence-corrected chi connectivity index (χ3v) is 4.59. The molecule has 0 aliphatic heterocycles. The SMILES string of the molecule is C[C@H](Sc1nnc(Cc2ccccc2)o1)C(=O)Nc1ccccc1[N+](=O)[O-]. The Morgan fingerprint density at radius 3 is 2.63 bits per heavy atom. The van der Waals surface area contributed by atoms with Crippen LogP contribution < -0.4 is 5.32 Å². The van der Waals surface area contributed by atoms with Gasteiger partial charge in [-0.15, -0.1) is 10.2 Å². The van der Waals surface area contributed by atoms with Crippen LogP contribution in [-0.4, -0.2) is 26.3 Å². The van der Waals surface area contributed by atoms with Gasteiger partial charge in [0.2, 0.25) is 11.8 Å². The van der Waals surface area contributed by atoms with Crippen LogP contribution in [-0.2, 0) is 11.2 Å². The first-order valence-electron chi connectivity index (χ1n) is 8.10. The summed E-state index contributed by atoms with van der Waals surface area (Å²) in [6, 6.07) is 15.7. The van der Waals surface area contributed by atoms with E-state index in [9.17, 15) is 14.9 Å². The molecule has 1 aromatic heterocycles. The highest BCUT2D eigenvalue weighted by Gasteiger charge is 2.21. The smallest absolute Gasteiger partial charge is 0.292 e. The highest BCUT2D eigenvalue weighted by molar-refractivity contribution is 8.00. The van der Waals surface area contributed by atoms with Crippen molar-refractivity contribution in [3.8, 4) is 0 Å². The number of nitro groups is 1. The Morgan fingerprint density at radius 1 is 1.19 bits per heavy atom. The number of carbonyl (C=O) groups excluding carboxylic acids is 1. The number of thioether (sulfide) groups is 1. The van der Waals surface area contributed by atoms with E-state index in [1.807, 2.05) is 30.3 Å². The van der Waals surface area contributed by atoms with Crippen LogP contribution in [0.5, 0.6) is 0 Å². The van der Waals surface area contributed by atoms with Crippen molar-refractivity contribution in [2.45, 2.75) is 23.8 Å². The van der Waals surface area contributed by atoms with E-state index in [-0.39, 0.29) is 16.6 Å². The monoisotopic (exact) mass is 384 g/mol. The van der Waals surface area contributed by atoms with E-state index in [1.165, 1.54) is 12.1 Å². The lowest BCUT2D eigenvalue weighted by Gasteiger charge is -2.10. The van der Waals surface area contributed by atoms with E-state index in [2.05, 4.69) is 15.5 Å². The molecule has 0 radical (unpaired) electrons. The second kappa shape index (κ2) is 8.45. The minimum atomic E-state index is -0.574. The van der Waals surface area contributed by atoms with E-state index in [0.29, 0.717) is 12.3 Å². The standard InChI is InChI=1S/C18H16N4O4S/c1-12(17(23)19-14-9-5-6-10-15(14)22(24)25)27-18-21-20-16(26-18)11-13-7-3-2-4-8-13/h2-10,12H,11H2,1H3,(H,19,23)/t12-/m0/s1. The molecule has 0 unspecified atom stereocenters. The number of anilines is 1. The Morgan fingerprint density at radius 2 is 1.89 bits per heavy atom. The molecule has 138 valence electrons. The number of nitro benzene ring substituents is 1. The van der Waals surface area contributed by atoms with Crippen molar-refractivity contribution in [3.05, 3.63) is 76.2 Å². The van der Waals surface area contributed by atoms with Crippen molar-refractivity contribution in [2.75, 3.05) is 5.32 Å². The number of amides is 1. The molecule has 0 spiro atoms. The quantitative estimate of drug-likeness (QED) is 0.376. The molecule has 0 aliphatic rings. The number of aromatic nitrogens is 2. The van der Waals surface area contributed by atoms with E-state index in [1.54, 1.807) is 19.1 Å². The first-order valence-corrected chi connectivity index (χ1v) is 8.98. The van der Waals surface area contributed by atoms with Crippen LogP contribution in [0.1, 0.15) is 18.4 Å². The third-order valence-electron chi connectivity index (χ3n) is 3.65. The fourth-order valence-electron chi connectivity index (χ4n) is 2.31. The zero-order valence-electron chi connectivity index (χ0n) is 14.4. The van der Waals surface area contributed by atoms with E-state index in [0.717, 1.165) is 17.3 Å². The number of benzene rings is 2. The number of nitrogens with one attached hydrogen (secondary N) is 1. The van der Waals surface area contributed by atoms with E-state index in [4.69, 9.17) is 4.42 Å². The number of rotatable bonds is 7. The lowest BCUT2D eigenvalue weighted by molar-refractivity contribution is -0.383. The minimum absolute atomic E-state index is 0.148. The molecule has 3 rings (SSSR count). The van der Waals surface area contributed by atoms with Crippen molar-refractivity contribution in [3.63, 3.8) is 0 Å². The third kappa shape index (κ3) is 4.91. The summed E-state index contributed by atoms with van der Waals surface area (Å²) in [5.41, 5.74) is 1.03. The summed E-state index contributed by atoms with van der Waals surface area (Å²) in [7, 11) is 0. The molecular formula is C18H16N4O4S. The summed E-state index contributed by atoms with van der Waals surface area (Å²) < 4.78 is 5.57. The Hall–Kier alpha value is -3.20. The van der Waals surface area contributed by atoms with E-state index >= 15 is 0 Å². The predicted molar refractivity (Wildman–Crippen MR) is 101 cm³/mol. The molecule has 9 heteroatoms. The van der Waals surface area contributed by atoms with Gasteiger partial charge in [0.15, 0.2) is 0 Å². The molecule has 0 bridgehead atoms. The van der Waals surface area contributed by atoms with Gasteiger partial charge in [0, 0.05) is 6.07 Å². The van der Waals surface area contributed by atoms with Crippen LogP contribution in [0.2, 0.25) is 0 Å². The van der Waals surface area contributed by atoms with Gasteiger partial charge in [-0.3, -0.25) is 14.9 Å². The number of para-hydroxylation sites is 2. The maximum Gasteiger partial charge on any atom is 0.292 e. The summed E-state index contributed by atoms with van der Waals surface area (Å²) >= 11 is 1.09. The molecule has 2 aromatic carbocycles. The van der Waals surface area contributed by atoms with Crippen molar-refractivity contribution < 1.29 is 14.1 Å². The van der Waals surface area contributed by atoms with Crippen molar-refractivity contribution in [1.29, 1.82) is 0 Å². The van der Waals surface area contributed by atoms with Gasteiger partial charge in [-0.2, -0.15) is 0 Å². The largest absolute Gasteiger partial charge is 0.416 e. The maximum absolute atomic E-state index is 12.3. The van der Waals surface area contributed by atoms with Gasteiger partial charge >= 0.3 is 0 Å². The predicted octanol–water partition coefficient (Wildman–Crippen LogP) is 3.69. The maximum atomic E-state index is 12.3. The normalized spacial score (nSPS) is 11.7. The van der Waals surface area contributed by atoms with Crippen LogP contribution in [0.25, 0.3) is 0 Å². The molecule has 8 nitrogen and oxygen atoms in total. The molecule has 1 N–H and O–H groups in total. The zero-order valence-corrected chi connectivity index (χ0v) is 15.2. The summed E-state index contributed by atoms with van der Waals surface area (Å²) in [5, 5.41) is 21.2. The topological polar surface area (TPSA) is 111 Å². The van der Waals surface area contributed by atoms with Crippen LogP contribution in [0, 0.1) is 10.1 Å². The van der Waals surface area contributed by atoms with Crippen molar-refractivity contribution in [2.24, 2.45) is 0 Å². The lowest BCUT2D eigenvalue weighted by Crippen LogP contribution is -2.22. The Bertz CT molecular complexity index is 945. The molecule has 0 aliphatic carbocycles. The van der Waals surface area contributed by atoms with Crippen LogP contribution >= 0.6 is 11.8 Å². The summed E-state index contributed by atoms with van der Waals surface area (Å²) in [4.78, 5) is 22.8. The molecule has 1 heterocycles. The molecule has 0 saturated carbocycles. The zero-order chi connectivity index (χ0) is 19.2. The molecule has 0 fully saturated rings. The molecule has 0 saturated heterocycles. The van der Waals surface area contributed by atoms with Gasteiger partial charge in [0.05, 0.1) is 16.6 Å². The fraction of sp³-hybridized carbons (Fsp3) is 0.167. The molecule has 1 amide bonds. The summed E-state index contributed by atoms with van der Waals surface area (Å²) in [6.07, 6.45) is 0.505. The molecule has 1 atom stereocenters. The van der Waals surface area contributed by atoms with Gasteiger partial charge < -0.3 is 9.73 Å². The summed E-state index contributed by atoms with van der Waals surface area (Å²) in [5.74, 6) is 0.0621. The lowest BCUT2D eigenvalue weighted by atomic mass is 10.2. The second-order valence-electron chi connectivity index (χ2n) is 5.65. The Labute approximate surface area is 159 Å². The Balaban J connectivity index is 1.61. The Kier molecular flexibility index (Phi) is 5.82. The number of nitrogens with zero attached hydrogens (tertiary/aromatic N) is 3. The van der Waals surface area contributed by atoms with Crippen LogP contribution in [0.3, 0.4) is 0 Å². The highest BCUT2D eigenvalue weighted by atomic mass is 32.2. The molecule has 27 heavy (non-hydrogen) atoms. The summed E-state index contributed by atoms with van der Waals surface area (Å²) in [6.45, 7) is 1.66. The number of hydrogen-bond acceptors (Lipinski definition) is 7. The fourth-order valence-corrected chi connectivity index (χ4v) is 3.01. The van der Waals surface area contributed by atoms with Crippen molar-refractivity contribution >= 4 is 29.0 Å². The first kappa shape index (κ1) is 18.6.